The fourth-order valence-electron chi connectivity index (χ4n) is 3.91. The molecular formula is C34H34Cl2FN5O6. The highest BCUT2D eigenvalue weighted by Crippen LogP contribution is 2.37. The predicted octanol–water partition coefficient (Wildman–Crippen LogP) is 8.37. The molecular weight excluding hydrogens is 664 g/mol. The number of nitrogens with zero attached hydrogens (tertiary/aromatic N) is 4. The summed E-state index contributed by atoms with van der Waals surface area (Å²) in [7, 11) is 2.97. The smallest absolute Gasteiger partial charge is 0.316 e. The zero-order chi connectivity index (χ0) is 35.4. The van der Waals surface area contributed by atoms with Crippen LogP contribution in [0.3, 0.4) is 0 Å². The molecule has 3 aromatic carbocycles. The van der Waals surface area contributed by atoms with Gasteiger partial charge in [-0.1, -0.05) is 29.3 Å². The van der Waals surface area contributed by atoms with Gasteiger partial charge in [-0.15, -0.1) is 0 Å². The summed E-state index contributed by atoms with van der Waals surface area (Å²) in [6, 6.07) is 11.1. The van der Waals surface area contributed by atoms with E-state index in [-0.39, 0.29) is 22.4 Å². The maximum atomic E-state index is 14.3. The minimum atomic E-state index is -0.696. The third kappa shape index (κ3) is 8.36. The number of fused-ring (bicyclic) bond motifs is 2. The average Bonchev–Trinajstić information content (AvgIpc) is 3.02. The molecule has 0 atom stereocenters. The Balaban J connectivity index is 0.000000229. The molecule has 2 heterocycles. The lowest BCUT2D eigenvalue weighted by Gasteiger charge is -2.18. The van der Waals surface area contributed by atoms with Crippen molar-refractivity contribution in [3.63, 3.8) is 0 Å². The van der Waals surface area contributed by atoms with Gasteiger partial charge in [-0.05, 0) is 65.8 Å². The van der Waals surface area contributed by atoms with Crippen molar-refractivity contribution in [2.45, 2.75) is 41.5 Å². The fraction of sp³-hybridized carbons (Fsp3) is 0.294. The van der Waals surface area contributed by atoms with E-state index in [1.807, 2.05) is 0 Å². The minimum Gasteiger partial charge on any atom is -0.493 e. The number of hydrogen-bond donors (Lipinski definition) is 1. The van der Waals surface area contributed by atoms with Gasteiger partial charge < -0.3 is 24.3 Å². The number of ether oxygens (including phenoxy) is 4. The molecule has 0 aliphatic rings. The molecule has 0 radical (unpaired) electrons. The van der Waals surface area contributed by atoms with Gasteiger partial charge in [0, 0.05) is 22.9 Å². The number of benzene rings is 3. The molecule has 11 nitrogen and oxygen atoms in total. The Morgan fingerprint density at radius 2 is 1.21 bits per heavy atom. The molecule has 5 aromatic rings. The Labute approximate surface area is 286 Å². The first kappa shape index (κ1) is 36.0. The Hall–Kier alpha value is -4.81. The zero-order valence-corrected chi connectivity index (χ0v) is 29.1. The van der Waals surface area contributed by atoms with Crippen LogP contribution in [-0.2, 0) is 9.59 Å². The topological polar surface area (TPSA) is 135 Å². The van der Waals surface area contributed by atoms with Crippen molar-refractivity contribution in [3.8, 4) is 23.0 Å². The van der Waals surface area contributed by atoms with Crippen molar-refractivity contribution >= 4 is 68.5 Å². The number of carbonyl (C=O) groups excluding carboxylic acids is 2. The first-order valence-electron chi connectivity index (χ1n) is 14.5. The molecule has 0 saturated carbocycles. The molecule has 5 rings (SSSR count). The van der Waals surface area contributed by atoms with E-state index >= 15 is 0 Å². The van der Waals surface area contributed by atoms with Gasteiger partial charge in [-0.2, -0.15) is 0 Å². The summed E-state index contributed by atoms with van der Waals surface area (Å²) in [6.45, 7) is 10.6. The summed E-state index contributed by atoms with van der Waals surface area (Å²) in [4.78, 5) is 40.7. The zero-order valence-electron chi connectivity index (χ0n) is 27.6. The predicted molar refractivity (Wildman–Crippen MR) is 182 cm³/mol. The van der Waals surface area contributed by atoms with Crippen molar-refractivity contribution < 1.29 is 32.9 Å². The van der Waals surface area contributed by atoms with E-state index < -0.39 is 22.6 Å². The lowest BCUT2D eigenvalue weighted by Crippen LogP contribution is -2.25. The third-order valence-electron chi connectivity index (χ3n) is 6.63. The van der Waals surface area contributed by atoms with Crippen LogP contribution in [0.15, 0.2) is 55.1 Å². The van der Waals surface area contributed by atoms with Crippen molar-refractivity contribution in [1.29, 1.82) is 0 Å². The maximum absolute atomic E-state index is 14.3. The van der Waals surface area contributed by atoms with Gasteiger partial charge in [-0.25, -0.2) is 24.3 Å². The van der Waals surface area contributed by atoms with E-state index in [1.165, 1.54) is 32.9 Å². The van der Waals surface area contributed by atoms with Crippen molar-refractivity contribution in [2.75, 3.05) is 19.5 Å². The molecule has 0 amide bonds. The van der Waals surface area contributed by atoms with Gasteiger partial charge in [-0.3, -0.25) is 9.59 Å². The second-order valence-corrected chi connectivity index (χ2v) is 13.2. The summed E-state index contributed by atoms with van der Waals surface area (Å²) in [5.41, 5.74) is 0.0102. The molecule has 1 N–H and O–H groups in total. The Morgan fingerprint density at radius 1 is 0.708 bits per heavy atom. The number of rotatable bonds is 6. The van der Waals surface area contributed by atoms with Crippen molar-refractivity contribution in [2.24, 2.45) is 10.8 Å². The van der Waals surface area contributed by atoms with E-state index in [2.05, 4.69) is 25.3 Å². The molecule has 2 aromatic heterocycles. The number of nitrogens with one attached hydrogen (secondary N) is 1. The van der Waals surface area contributed by atoms with E-state index in [1.54, 1.807) is 77.9 Å². The monoisotopic (exact) mass is 697 g/mol. The second-order valence-electron chi connectivity index (χ2n) is 12.4. The van der Waals surface area contributed by atoms with E-state index in [9.17, 15) is 14.0 Å². The Bertz CT molecular complexity index is 2000. The molecule has 48 heavy (non-hydrogen) atoms. The van der Waals surface area contributed by atoms with Crippen LogP contribution in [0.1, 0.15) is 41.5 Å². The maximum Gasteiger partial charge on any atom is 0.316 e. The first-order valence-corrected chi connectivity index (χ1v) is 15.3. The highest BCUT2D eigenvalue weighted by atomic mass is 35.5. The van der Waals surface area contributed by atoms with Crippen LogP contribution in [0, 0.1) is 16.6 Å². The number of hydrogen-bond acceptors (Lipinski definition) is 11. The molecule has 0 bridgehead atoms. The van der Waals surface area contributed by atoms with Crippen LogP contribution in [-0.4, -0.2) is 46.1 Å². The third-order valence-corrected chi connectivity index (χ3v) is 7.22. The number of esters is 2. The summed E-state index contributed by atoms with van der Waals surface area (Å²) in [6.07, 6.45) is 2.71. The van der Waals surface area contributed by atoms with E-state index in [4.69, 9.17) is 42.1 Å². The Morgan fingerprint density at radius 3 is 1.73 bits per heavy atom. The molecule has 0 fully saturated rings. The SMILES string of the molecule is COc1cc2ncnc(Cl)c2cc1OC(=O)C(C)(C)C.COc1cc2ncnc(Nc3cccc(Cl)c3F)c2cc1OC(=O)C(C)(C)C. The largest absolute Gasteiger partial charge is 0.493 e. The summed E-state index contributed by atoms with van der Waals surface area (Å²) in [5, 5.41) is 4.33. The van der Waals surface area contributed by atoms with Crippen LogP contribution >= 0.6 is 23.2 Å². The Kier molecular flexibility index (Phi) is 10.9. The molecule has 0 spiro atoms. The average molecular weight is 699 g/mol. The molecule has 252 valence electrons. The second kappa shape index (κ2) is 14.5. The van der Waals surface area contributed by atoms with Gasteiger partial charge in [0.1, 0.15) is 23.6 Å². The minimum absolute atomic E-state index is 0.00942. The van der Waals surface area contributed by atoms with Gasteiger partial charge in [0.05, 0.1) is 46.8 Å². The van der Waals surface area contributed by atoms with Gasteiger partial charge >= 0.3 is 11.9 Å². The van der Waals surface area contributed by atoms with Gasteiger partial charge in [0.15, 0.2) is 28.8 Å². The molecule has 0 aliphatic heterocycles. The lowest BCUT2D eigenvalue weighted by molar-refractivity contribution is -0.143. The van der Waals surface area contributed by atoms with E-state index in [0.717, 1.165) is 0 Å². The van der Waals surface area contributed by atoms with Crippen LogP contribution in [0.4, 0.5) is 15.9 Å². The first-order chi connectivity index (χ1) is 22.5. The quantitative estimate of drug-likeness (QED) is 0.104. The molecule has 14 heteroatoms. The van der Waals surface area contributed by atoms with Gasteiger partial charge in [0.25, 0.3) is 0 Å². The molecule has 0 unspecified atom stereocenters. The van der Waals surface area contributed by atoms with Crippen LogP contribution in [0.25, 0.3) is 21.8 Å². The lowest BCUT2D eigenvalue weighted by atomic mass is 9.97. The molecule has 0 saturated heterocycles. The summed E-state index contributed by atoms with van der Waals surface area (Å²) in [5.74, 6) is 0.260. The summed E-state index contributed by atoms with van der Waals surface area (Å²) >= 11 is 11.9. The number of anilines is 2. The summed E-state index contributed by atoms with van der Waals surface area (Å²) < 4.78 is 35.7. The normalized spacial score (nSPS) is 11.4. The van der Waals surface area contributed by atoms with Crippen LogP contribution in [0.5, 0.6) is 23.0 Å². The van der Waals surface area contributed by atoms with E-state index in [0.29, 0.717) is 50.0 Å². The molecule has 0 aliphatic carbocycles. The van der Waals surface area contributed by atoms with Crippen molar-refractivity contribution in [3.05, 3.63) is 71.1 Å². The number of aromatic nitrogens is 4. The number of methoxy groups -OCH3 is 2. The van der Waals surface area contributed by atoms with Crippen LogP contribution in [0.2, 0.25) is 10.2 Å². The van der Waals surface area contributed by atoms with Crippen molar-refractivity contribution in [1.82, 2.24) is 19.9 Å². The van der Waals surface area contributed by atoms with Gasteiger partial charge in [0.2, 0.25) is 0 Å². The standard InChI is InChI=1S/C20H19ClFN3O3.C14H15ClN2O3/c1-20(2,3)19(26)28-16-8-11-14(9-15(16)27-4)23-10-24-18(11)25-13-7-5-6-12(21)17(13)22;1-14(2,3)13(18)20-11-5-8-9(6-10(11)19-4)16-7-17-12(8)15/h5-10H,1-4H3,(H,23,24,25);5-7H,1-4H3. The number of halogens is 3. The highest BCUT2D eigenvalue weighted by Gasteiger charge is 2.27. The fourth-order valence-corrected chi connectivity index (χ4v) is 4.28. The number of carbonyl (C=O) groups is 2. The van der Waals surface area contributed by atoms with Crippen LogP contribution < -0.4 is 24.3 Å². The highest BCUT2D eigenvalue weighted by molar-refractivity contribution is 6.34.